The van der Waals surface area contributed by atoms with Crippen molar-refractivity contribution >= 4 is 5.69 Å². The highest BCUT2D eigenvalue weighted by molar-refractivity contribution is 5.67. The summed E-state index contributed by atoms with van der Waals surface area (Å²) in [5.74, 6) is 0. The number of aromatic nitrogens is 4. The fourth-order valence-electron chi connectivity index (χ4n) is 1.38. The lowest BCUT2D eigenvalue weighted by Gasteiger charge is -1.95. The van der Waals surface area contributed by atoms with Crippen molar-refractivity contribution in [3.63, 3.8) is 0 Å². The van der Waals surface area contributed by atoms with Gasteiger partial charge in [0.2, 0.25) is 11.9 Å². The van der Waals surface area contributed by atoms with E-state index in [2.05, 4.69) is 10.2 Å². The third-order valence-corrected chi connectivity index (χ3v) is 2.09. The molecular weight excluding hydrogens is 266 g/mol. The van der Waals surface area contributed by atoms with Gasteiger partial charge in [0.05, 0.1) is 25.7 Å². The van der Waals surface area contributed by atoms with Crippen molar-refractivity contribution in [2.45, 2.75) is 0 Å². The van der Waals surface area contributed by atoms with Gasteiger partial charge in [-0.2, -0.15) is 0 Å². The average molecular weight is 269 g/mol. The molecule has 0 aliphatic heterocycles. The van der Waals surface area contributed by atoms with Crippen molar-refractivity contribution in [2.24, 2.45) is 0 Å². The van der Waals surface area contributed by atoms with Gasteiger partial charge in [-0.25, -0.2) is 0 Å². The Morgan fingerprint density at radius 1 is 1.00 bits per heavy atom. The predicted molar refractivity (Wildman–Crippen MR) is 54.9 cm³/mol. The highest BCUT2D eigenvalue weighted by Crippen LogP contribution is 2.28. The molecule has 0 saturated carbocycles. The van der Waals surface area contributed by atoms with Crippen molar-refractivity contribution in [3.05, 3.63) is 48.9 Å². The monoisotopic (exact) mass is 269 g/mol. The van der Waals surface area contributed by atoms with Crippen LogP contribution in [0.2, 0.25) is 0 Å². The molecule has 13 heteroatoms. The summed E-state index contributed by atoms with van der Waals surface area (Å²) in [6.45, 7) is 0. The molecule has 0 radical (unpaired) electrons. The Hall–Kier alpha value is -3.38. The van der Waals surface area contributed by atoms with E-state index in [0.29, 0.717) is 6.20 Å². The molecule has 0 N–H and O–H groups in total. The first-order valence-electron chi connectivity index (χ1n) is 4.48. The van der Waals surface area contributed by atoms with Crippen LogP contribution >= 0.6 is 0 Å². The van der Waals surface area contributed by atoms with Gasteiger partial charge in [-0.3, -0.25) is 10.1 Å². The smallest absolute Gasteiger partial charge is 0.339 e. The SMILES string of the molecule is O=[N+]([O-])c1cnn([N+](=O)[O-])c1-c1cnn([N+](=O)[O-])c1. The number of hydrogen-bond acceptors (Lipinski definition) is 8. The maximum absolute atomic E-state index is 10.7. The standard InChI is InChI=1S/C6H3N7O6/c14-11(15)5-2-8-10(13(18)19)6(5)4-1-7-9(3-4)12(16)17/h1-3H. The van der Waals surface area contributed by atoms with Gasteiger partial charge in [-0.15, -0.1) is 0 Å². The Balaban J connectivity index is 2.64. The van der Waals surface area contributed by atoms with Crippen molar-refractivity contribution in [3.8, 4) is 11.3 Å². The number of rotatable bonds is 4. The molecule has 98 valence electrons. The van der Waals surface area contributed by atoms with E-state index in [0.717, 1.165) is 12.4 Å². The van der Waals surface area contributed by atoms with Crippen LogP contribution in [0.3, 0.4) is 0 Å². The minimum Gasteiger partial charge on any atom is -0.339 e. The lowest BCUT2D eigenvalue weighted by molar-refractivity contribution is -0.553. The molecule has 2 rings (SSSR count). The van der Waals surface area contributed by atoms with Gasteiger partial charge in [-0.1, -0.05) is 0 Å². The minimum absolute atomic E-state index is 0.152. The van der Waals surface area contributed by atoms with E-state index < -0.39 is 26.4 Å². The molecule has 2 aromatic heterocycles. The summed E-state index contributed by atoms with van der Waals surface area (Å²) >= 11 is 0. The van der Waals surface area contributed by atoms with Crippen LogP contribution < -0.4 is 0 Å². The molecule has 13 nitrogen and oxygen atoms in total. The third kappa shape index (κ3) is 1.94. The molecule has 19 heavy (non-hydrogen) atoms. The fraction of sp³-hybridized carbons (Fsp3) is 0. The number of nitrogens with zero attached hydrogens (tertiary/aromatic N) is 7. The molecule has 0 unspecified atom stereocenters. The van der Waals surface area contributed by atoms with Gasteiger partial charge in [0.25, 0.3) is 0 Å². The first-order chi connectivity index (χ1) is 8.91. The van der Waals surface area contributed by atoms with Crippen LogP contribution in [0.4, 0.5) is 5.69 Å². The number of hydrogen-bond donors (Lipinski definition) is 0. The van der Waals surface area contributed by atoms with Crippen LogP contribution in [-0.4, -0.2) is 34.8 Å². The predicted octanol–water partition coefficient (Wildman–Crippen LogP) is -0.266. The topological polar surface area (TPSA) is 165 Å². The van der Waals surface area contributed by atoms with Gasteiger partial charge < -0.3 is 20.2 Å². The minimum atomic E-state index is -0.994. The lowest BCUT2D eigenvalue weighted by atomic mass is 10.2. The third-order valence-electron chi connectivity index (χ3n) is 2.09. The summed E-state index contributed by atoms with van der Waals surface area (Å²) in [6.07, 6.45) is 2.39. The van der Waals surface area contributed by atoms with Crippen LogP contribution in [-0.2, 0) is 0 Å². The maximum Gasteiger partial charge on any atom is 0.347 e. The Bertz CT molecular complexity index is 655. The van der Waals surface area contributed by atoms with Crippen molar-refractivity contribution in [1.82, 2.24) is 19.8 Å². The second kappa shape index (κ2) is 4.13. The van der Waals surface area contributed by atoms with Crippen molar-refractivity contribution < 1.29 is 15.0 Å². The first-order valence-corrected chi connectivity index (χ1v) is 4.48. The molecule has 2 heterocycles. The van der Waals surface area contributed by atoms with E-state index in [4.69, 9.17) is 0 Å². The van der Waals surface area contributed by atoms with E-state index in [9.17, 15) is 30.3 Å². The van der Waals surface area contributed by atoms with Gasteiger partial charge in [-0.05, 0) is 0 Å². The summed E-state index contributed by atoms with van der Waals surface area (Å²) in [5.41, 5.74) is -1.32. The van der Waals surface area contributed by atoms with E-state index >= 15 is 0 Å². The largest absolute Gasteiger partial charge is 0.347 e. The van der Waals surface area contributed by atoms with E-state index in [1.54, 1.807) is 0 Å². The summed E-state index contributed by atoms with van der Waals surface area (Å²) in [7, 11) is 0. The molecule has 0 aromatic carbocycles. The van der Waals surface area contributed by atoms with Crippen LogP contribution in [0.5, 0.6) is 0 Å². The molecule has 0 atom stereocenters. The molecule has 0 spiro atoms. The summed E-state index contributed by atoms with van der Waals surface area (Å²) in [5, 5.41) is 36.5. The molecule has 0 saturated heterocycles. The van der Waals surface area contributed by atoms with Gasteiger partial charge in [0.15, 0.2) is 6.20 Å². The van der Waals surface area contributed by atoms with Gasteiger partial charge in [0, 0.05) is 14.7 Å². The zero-order valence-corrected chi connectivity index (χ0v) is 8.81. The molecule has 0 bridgehead atoms. The van der Waals surface area contributed by atoms with Crippen LogP contribution in [0.1, 0.15) is 0 Å². The first kappa shape index (κ1) is 12.1. The second-order valence-electron chi connectivity index (χ2n) is 3.15. The lowest BCUT2D eigenvalue weighted by Crippen LogP contribution is -2.12. The highest BCUT2D eigenvalue weighted by atomic mass is 16.7. The van der Waals surface area contributed by atoms with Crippen molar-refractivity contribution in [2.75, 3.05) is 0 Å². The molecule has 2 aromatic rings. The Kier molecular flexibility index (Phi) is 2.63. The summed E-state index contributed by atoms with van der Waals surface area (Å²) in [6, 6.07) is 0. The zero-order valence-electron chi connectivity index (χ0n) is 8.81. The molecule has 0 fully saturated rings. The molecule has 0 aliphatic carbocycles. The van der Waals surface area contributed by atoms with Crippen LogP contribution in [0.25, 0.3) is 11.3 Å². The maximum atomic E-state index is 10.7. The molecular formula is C6H3N7O6. The van der Waals surface area contributed by atoms with Gasteiger partial charge in [0.1, 0.15) is 6.20 Å². The zero-order chi connectivity index (χ0) is 14.2. The summed E-state index contributed by atoms with van der Waals surface area (Å²) in [4.78, 5) is 31.4. The van der Waals surface area contributed by atoms with E-state index in [1.807, 2.05) is 0 Å². The number of nitro groups is 3. The quantitative estimate of drug-likeness (QED) is 0.540. The molecule has 0 amide bonds. The Morgan fingerprint density at radius 3 is 2.16 bits per heavy atom. The second-order valence-corrected chi connectivity index (χ2v) is 3.15. The van der Waals surface area contributed by atoms with E-state index in [-0.39, 0.29) is 15.1 Å². The van der Waals surface area contributed by atoms with E-state index in [1.165, 1.54) is 0 Å². The van der Waals surface area contributed by atoms with Crippen molar-refractivity contribution in [1.29, 1.82) is 0 Å². The van der Waals surface area contributed by atoms with Crippen LogP contribution in [0, 0.1) is 30.3 Å². The van der Waals surface area contributed by atoms with Gasteiger partial charge >= 0.3 is 5.69 Å². The normalized spacial score (nSPS) is 10.3. The molecule has 0 aliphatic rings. The Morgan fingerprint density at radius 2 is 1.68 bits per heavy atom. The average Bonchev–Trinajstić information content (AvgIpc) is 2.95. The highest BCUT2D eigenvalue weighted by Gasteiger charge is 2.31. The van der Waals surface area contributed by atoms with Crippen LogP contribution in [0.15, 0.2) is 18.6 Å². The fourth-order valence-corrected chi connectivity index (χ4v) is 1.38. The summed E-state index contributed by atoms with van der Waals surface area (Å²) < 4.78 is 0. The Labute approximate surface area is 102 Å².